The minimum absolute atomic E-state index is 0.0994. The molecule has 1 aromatic heterocycles. The van der Waals surface area contributed by atoms with Gasteiger partial charge < -0.3 is 10.1 Å². The smallest absolute Gasteiger partial charge is 0.352 e. The molecule has 2 aromatic rings. The molecule has 1 atom stereocenters. The summed E-state index contributed by atoms with van der Waals surface area (Å²) in [7, 11) is -3.76. The highest BCUT2D eigenvalue weighted by molar-refractivity contribution is 7.89. The normalized spacial score (nSPS) is 13.1. The van der Waals surface area contributed by atoms with Crippen molar-refractivity contribution < 1.29 is 18.3 Å². The van der Waals surface area contributed by atoms with Gasteiger partial charge in [0, 0.05) is 12.2 Å². The summed E-state index contributed by atoms with van der Waals surface area (Å²) in [6.07, 6.45) is 1.16. The fourth-order valence-corrected chi connectivity index (χ4v) is 2.99. The van der Waals surface area contributed by atoms with Crippen molar-refractivity contribution in [1.82, 2.24) is 9.71 Å². The summed E-state index contributed by atoms with van der Waals surface area (Å²) in [4.78, 5) is 13.0. The summed E-state index contributed by atoms with van der Waals surface area (Å²) in [6, 6.07) is 9.78. The first kappa shape index (κ1) is 14.3. The molecule has 0 aliphatic carbocycles. The van der Waals surface area contributed by atoms with Crippen LogP contribution in [0.5, 0.6) is 0 Å². The lowest BCUT2D eigenvalue weighted by molar-refractivity contribution is 0.0691. The number of aromatic nitrogens is 1. The average molecular weight is 294 g/mol. The summed E-state index contributed by atoms with van der Waals surface area (Å²) in [5.74, 6) is -1.21. The summed E-state index contributed by atoms with van der Waals surface area (Å²) >= 11 is 0. The highest BCUT2D eigenvalue weighted by Gasteiger charge is 2.21. The van der Waals surface area contributed by atoms with Crippen molar-refractivity contribution in [2.24, 2.45) is 0 Å². The molecule has 0 bridgehead atoms. The molecule has 0 unspecified atom stereocenters. The number of aromatic amines is 1. The molecule has 0 aliphatic heterocycles. The Hall–Kier alpha value is -2.12. The second kappa shape index (κ2) is 5.48. The first-order chi connectivity index (χ1) is 9.40. The summed E-state index contributed by atoms with van der Waals surface area (Å²) < 4.78 is 26.8. The standard InChI is InChI=1S/C13H14N2O4S/c1-9(10-5-3-2-4-6-10)15-20(18,19)11-7-12(13(16)17)14-8-11/h2-9,14-15H,1H3,(H,16,17)/t9-/m1/s1. The van der Waals surface area contributed by atoms with Gasteiger partial charge in [0.2, 0.25) is 10.0 Å². The predicted octanol–water partition coefficient (Wildman–Crippen LogP) is 1.75. The number of aromatic carboxylic acids is 1. The van der Waals surface area contributed by atoms with E-state index in [-0.39, 0.29) is 10.6 Å². The van der Waals surface area contributed by atoms with Crippen LogP contribution in [0.25, 0.3) is 0 Å². The zero-order chi connectivity index (χ0) is 14.8. The second-order valence-electron chi connectivity index (χ2n) is 4.31. The molecule has 20 heavy (non-hydrogen) atoms. The zero-order valence-electron chi connectivity index (χ0n) is 10.7. The molecule has 3 N–H and O–H groups in total. The van der Waals surface area contributed by atoms with E-state index in [2.05, 4.69) is 9.71 Å². The van der Waals surface area contributed by atoms with Crippen LogP contribution in [0.4, 0.5) is 0 Å². The number of carboxylic acid groups (broad SMARTS) is 1. The van der Waals surface area contributed by atoms with E-state index in [1.807, 2.05) is 30.3 Å². The molecule has 0 saturated heterocycles. The first-order valence-corrected chi connectivity index (χ1v) is 7.37. The van der Waals surface area contributed by atoms with Gasteiger partial charge in [0.25, 0.3) is 0 Å². The first-order valence-electron chi connectivity index (χ1n) is 5.89. The topological polar surface area (TPSA) is 99.3 Å². The van der Waals surface area contributed by atoms with Crippen molar-refractivity contribution in [2.45, 2.75) is 17.9 Å². The molecule has 0 amide bonds. The van der Waals surface area contributed by atoms with Crippen molar-refractivity contribution in [2.75, 3.05) is 0 Å². The van der Waals surface area contributed by atoms with Gasteiger partial charge in [0.05, 0.1) is 0 Å². The van der Waals surface area contributed by atoms with Crippen LogP contribution in [0, 0.1) is 0 Å². The van der Waals surface area contributed by atoms with E-state index in [0.717, 1.165) is 17.8 Å². The maximum atomic E-state index is 12.1. The number of H-pyrrole nitrogens is 1. The highest BCUT2D eigenvalue weighted by Crippen LogP contribution is 2.17. The Labute approximate surface area is 116 Å². The van der Waals surface area contributed by atoms with Gasteiger partial charge in [-0.25, -0.2) is 17.9 Å². The fraction of sp³-hybridized carbons (Fsp3) is 0.154. The largest absolute Gasteiger partial charge is 0.477 e. The number of carbonyl (C=O) groups is 1. The second-order valence-corrected chi connectivity index (χ2v) is 6.02. The molecular formula is C13H14N2O4S. The van der Waals surface area contributed by atoms with Crippen molar-refractivity contribution in [3.05, 3.63) is 53.9 Å². The van der Waals surface area contributed by atoms with Gasteiger partial charge in [-0.05, 0) is 18.6 Å². The number of rotatable bonds is 5. The van der Waals surface area contributed by atoms with Crippen molar-refractivity contribution in [3.63, 3.8) is 0 Å². The lowest BCUT2D eigenvalue weighted by Gasteiger charge is -2.13. The zero-order valence-corrected chi connectivity index (χ0v) is 11.5. The molecule has 0 radical (unpaired) electrons. The van der Waals surface area contributed by atoms with Crippen molar-refractivity contribution >= 4 is 16.0 Å². The molecule has 1 heterocycles. The molecule has 0 saturated carbocycles. The predicted molar refractivity (Wildman–Crippen MR) is 72.9 cm³/mol. The molecule has 7 heteroatoms. The molecule has 2 rings (SSSR count). The fourth-order valence-electron chi connectivity index (χ4n) is 1.76. The van der Waals surface area contributed by atoms with Gasteiger partial charge in [-0.2, -0.15) is 0 Å². The summed E-state index contributed by atoms with van der Waals surface area (Å²) in [5.41, 5.74) is 0.655. The average Bonchev–Trinajstić information content (AvgIpc) is 2.90. The minimum Gasteiger partial charge on any atom is -0.477 e. The SMILES string of the molecule is C[C@@H](NS(=O)(=O)c1c[nH]c(C(=O)O)c1)c1ccccc1. The lowest BCUT2D eigenvalue weighted by Crippen LogP contribution is -2.26. The summed E-state index contributed by atoms with van der Waals surface area (Å²) in [6.45, 7) is 1.72. The van der Waals surface area contributed by atoms with Crippen LogP contribution in [0.1, 0.15) is 29.0 Å². The van der Waals surface area contributed by atoms with Crippen LogP contribution in [0.2, 0.25) is 0 Å². The number of hydrogen-bond donors (Lipinski definition) is 3. The maximum absolute atomic E-state index is 12.1. The quantitative estimate of drug-likeness (QED) is 0.782. The number of carboxylic acids is 1. The van der Waals surface area contributed by atoms with E-state index in [1.54, 1.807) is 6.92 Å². The highest BCUT2D eigenvalue weighted by atomic mass is 32.2. The van der Waals surface area contributed by atoms with Crippen LogP contribution in [-0.4, -0.2) is 24.5 Å². The summed E-state index contributed by atoms with van der Waals surface area (Å²) in [5, 5.41) is 8.78. The van der Waals surface area contributed by atoms with Gasteiger partial charge in [-0.3, -0.25) is 0 Å². The van der Waals surface area contributed by atoms with E-state index in [4.69, 9.17) is 5.11 Å². The van der Waals surface area contributed by atoms with Gasteiger partial charge >= 0.3 is 5.97 Å². The van der Waals surface area contributed by atoms with E-state index in [1.165, 1.54) is 0 Å². The van der Waals surface area contributed by atoms with E-state index >= 15 is 0 Å². The molecule has 106 valence electrons. The Bertz CT molecular complexity index is 707. The van der Waals surface area contributed by atoms with Crippen LogP contribution < -0.4 is 4.72 Å². The third kappa shape index (κ3) is 3.06. The molecule has 0 fully saturated rings. The molecule has 0 aliphatic rings. The van der Waals surface area contributed by atoms with Crippen LogP contribution >= 0.6 is 0 Å². The van der Waals surface area contributed by atoms with Crippen LogP contribution in [0.15, 0.2) is 47.5 Å². The Balaban J connectivity index is 2.20. The Morgan fingerprint density at radius 2 is 1.95 bits per heavy atom. The van der Waals surface area contributed by atoms with Gasteiger partial charge in [-0.1, -0.05) is 30.3 Å². The Morgan fingerprint density at radius 3 is 2.50 bits per heavy atom. The number of nitrogens with one attached hydrogen (secondary N) is 2. The van der Waals surface area contributed by atoms with E-state index in [9.17, 15) is 13.2 Å². The minimum atomic E-state index is -3.76. The third-order valence-corrected chi connectivity index (χ3v) is 4.35. The van der Waals surface area contributed by atoms with Crippen LogP contribution in [-0.2, 0) is 10.0 Å². The maximum Gasteiger partial charge on any atom is 0.352 e. The van der Waals surface area contributed by atoms with Crippen molar-refractivity contribution in [1.29, 1.82) is 0 Å². The molecular weight excluding hydrogens is 280 g/mol. The Morgan fingerprint density at radius 1 is 1.30 bits per heavy atom. The number of benzene rings is 1. The van der Waals surface area contributed by atoms with Gasteiger partial charge in [0.1, 0.15) is 10.6 Å². The third-order valence-electron chi connectivity index (χ3n) is 2.83. The molecule has 6 nitrogen and oxygen atoms in total. The number of hydrogen-bond acceptors (Lipinski definition) is 3. The lowest BCUT2D eigenvalue weighted by atomic mass is 10.1. The molecule has 0 spiro atoms. The van der Waals surface area contributed by atoms with Gasteiger partial charge in [0.15, 0.2) is 0 Å². The van der Waals surface area contributed by atoms with Gasteiger partial charge in [-0.15, -0.1) is 0 Å². The number of sulfonamides is 1. The monoisotopic (exact) mass is 294 g/mol. The van der Waals surface area contributed by atoms with E-state index < -0.39 is 22.0 Å². The van der Waals surface area contributed by atoms with Crippen LogP contribution in [0.3, 0.4) is 0 Å². The molecule has 1 aromatic carbocycles. The van der Waals surface area contributed by atoms with Crippen molar-refractivity contribution in [3.8, 4) is 0 Å². The Kier molecular flexibility index (Phi) is 3.91. The van der Waals surface area contributed by atoms with E-state index in [0.29, 0.717) is 0 Å².